The van der Waals surface area contributed by atoms with Crippen LogP contribution in [0.25, 0.3) is 0 Å². The van der Waals surface area contributed by atoms with Crippen LogP contribution in [0.5, 0.6) is 11.5 Å². The molecule has 2 unspecified atom stereocenters. The first-order valence-electron chi connectivity index (χ1n) is 19.8. The maximum Gasteiger partial charge on any atom is 0.308 e. The molecule has 2 aliphatic heterocycles. The molecule has 0 aromatic heterocycles. The fourth-order valence-corrected chi connectivity index (χ4v) is 10.4. The van der Waals surface area contributed by atoms with Crippen LogP contribution in [0.2, 0.25) is 0 Å². The summed E-state index contributed by atoms with van der Waals surface area (Å²) >= 11 is 0. The van der Waals surface area contributed by atoms with E-state index < -0.39 is 11.0 Å². The Morgan fingerprint density at radius 2 is 1.52 bits per heavy atom. The van der Waals surface area contributed by atoms with Crippen LogP contribution in [-0.2, 0) is 29.5 Å². The molecular weight excluding hydrogens is 620 g/mol. The summed E-state index contributed by atoms with van der Waals surface area (Å²) in [6.07, 6.45) is 15.3. The number of nitrogens with zero attached hydrogens (tertiary/aromatic N) is 2. The fraction of sp³-hybridized carbons (Fsp3) is 0.568. The van der Waals surface area contributed by atoms with Gasteiger partial charge in [-0.1, -0.05) is 79.6 Å². The zero-order chi connectivity index (χ0) is 34.1. The number of piperidine rings is 1. The monoisotopic (exact) mass is 676 g/mol. The SMILES string of the molecule is CC(=O)Oc1ccc2c3c1OC1C(N(CCCCCCc4ccccc4)CCCCc4ccccc4)CC[C@@]4(O)[C@@H](C2)N(CC2CC2)CC[C@]314. The molecule has 266 valence electrons. The van der Waals surface area contributed by atoms with E-state index in [4.69, 9.17) is 9.47 Å². The van der Waals surface area contributed by atoms with Crippen LogP contribution >= 0.6 is 0 Å². The standard InChI is InChI=1S/C44H56N2O4/c1-32(47)49-38-23-22-36-30-39-44(48)25-24-37(42-43(44,40(36)41(38)50-42)26-29-46(39)31-35-20-21-35)45(28-13-11-19-34-17-9-5-10-18-34)27-12-3-2-6-14-33-15-7-4-8-16-33/h4-5,7-10,15-18,22-23,35,37,39,42,48H,2-3,6,11-14,19-21,24-31H2,1H3/t37?,39-,42?,43+,44-/m1/s1. The molecule has 6 nitrogen and oxygen atoms in total. The molecule has 3 aliphatic carbocycles. The molecule has 2 bridgehead atoms. The maximum atomic E-state index is 13.1. The Labute approximate surface area is 299 Å². The Bertz CT molecular complexity index is 1630. The molecule has 3 aromatic rings. The summed E-state index contributed by atoms with van der Waals surface area (Å²) in [5.74, 6) is 1.70. The number of unbranched alkanes of at least 4 members (excludes halogenated alkanes) is 4. The first-order chi connectivity index (χ1) is 24.5. The number of aryl methyl sites for hydroxylation is 2. The smallest absolute Gasteiger partial charge is 0.308 e. The third-order valence-corrected chi connectivity index (χ3v) is 12.9. The van der Waals surface area contributed by atoms with Crippen LogP contribution in [0.1, 0.15) is 99.8 Å². The van der Waals surface area contributed by atoms with E-state index in [9.17, 15) is 9.90 Å². The van der Waals surface area contributed by atoms with Crippen molar-refractivity contribution in [3.8, 4) is 11.5 Å². The van der Waals surface area contributed by atoms with Crippen LogP contribution in [0.15, 0.2) is 72.8 Å². The van der Waals surface area contributed by atoms with Crippen LogP contribution in [0, 0.1) is 5.92 Å². The maximum absolute atomic E-state index is 13.1. The highest BCUT2D eigenvalue weighted by molar-refractivity contribution is 5.72. The Morgan fingerprint density at radius 3 is 2.20 bits per heavy atom. The number of benzene rings is 3. The van der Waals surface area contributed by atoms with Crippen molar-refractivity contribution in [1.82, 2.24) is 9.80 Å². The molecular formula is C44H56N2O4. The number of carbonyl (C=O) groups excluding carboxylic acids is 1. The van der Waals surface area contributed by atoms with Crippen molar-refractivity contribution in [2.45, 2.75) is 126 Å². The number of hydrogen-bond acceptors (Lipinski definition) is 6. The first-order valence-corrected chi connectivity index (χ1v) is 19.8. The molecule has 50 heavy (non-hydrogen) atoms. The van der Waals surface area contributed by atoms with Crippen molar-refractivity contribution < 1.29 is 19.4 Å². The number of esters is 1. The van der Waals surface area contributed by atoms with E-state index >= 15 is 0 Å². The molecule has 1 N–H and O–H groups in total. The van der Waals surface area contributed by atoms with Crippen molar-refractivity contribution in [2.75, 3.05) is 26.2 Å². The summed E-state index contributed by atoms with van der Waals surface area (Å²) in [6.45, 7) is 5.64. The quantitative estimate of drug-likeness (QED) is 0.0955. The van der Waals surface area contributed by atoms with E-state index in [1.807, 2.05) is 6.07 Å². The molecule has 0 amide bonds. The second kappa shape index (κ2) is 14.4. The minimum absolute atomic E-state index is 0.103. The van der Waals surface area contributed by atoms with Crippen molar-refractivity contribution in [3.05, 3.63) is 95.1 Å². The molecule has 2 saturated carbocycles. The number of rotatable bonds is 16. The molecule has 8 rings (SSSR count). The lowest BCUT2D eigenvalue weighted by Crippen LogP contribution is -2.78. The Hall–Kier alpha value is -3.19. The number of aliphatic hydroxyl groups is 1. The minimum Gasteiger partial charge on any atom is -0.483 e. The largest absolute Gasteiger partial charge is 0.483 e. The zero-order valence-electron chi connectivity index (χ0n) is 30.0. The summed E-state index contributed by atoms with van der Waals surface area (Å²) in [5, 5.41) is 13.1. The summed E-state index contributed by atoms with van der Waals surface area (Å²) in [4.78, 5) is 17.7. The molecule has 3 aromatic carbocycles. The molecule has 0 radical (unpaired) electrons. The van der Waals surface area contributed by atoms with Gasteiger partial charge in [0.2, 0.25) is 0 Å². The van der Waals surface area contributed by atoms with Crippen molar-refractivity contribution in [2.24, 2.45) is 5.92 Å². The van der Waals surface area contributed by atoms with Gasteiger partial charge in [-0.2, -0.15) is 0 Å². The van der Waals surface area contributed by atoms with E-state index in [-0.39, 0.29) is 24.2 Å². The normalized spacial score (nSPS) is 27.9. The summed E-state index contributed by atoms with van der Waals surface area (Å²) in [6, 6.07) is 26.1. The Balaban J connectivity index is 1.04. The van der Waals surface area contributed by atoms with Crippen molar-refractivity contribution in [3.63, 3.8) is 0 Å². The van der Waals surface area contributed by atoms with Gasteiger partial charge in [0.05, 0.1) is 11.0 Å². The first kappa shape index (κ1) is 33.9. The molecule has 5 aliphatic rings. The van der Waals surface area contributed by atoms with Gasteiger partial charge in [-0.25, -0.2) is 0 Å². The number of carbonyl (C=O) groups is 1. The van der Waals surface area contributed by atoms with E-state index in [0.717, 1.165) is 94.8 Å². The van der Waals surface area contributed by atoms with E-state index in [0.29, 0.717) is 5.75 Å². The van der Waals surface area contributed by atoms with Crippen molar-refractivity contribution in [1.29, 1.82) is 0 Å². The number of hydrogen-bond donors (Lipinski definition) is 1. The summed E-state index contributed by atoms with van der Waals surface area (Å²) < 4.78 is 13.0. The molecule has 6 heteroatoms. The Morgan fingerprint density at radius 1 is 0.860 bits per heavy atom. The highest BCUT2D eigenvalue weighted by Gasteiger charge is 2.73. The lowest BCUT2D eigenvalue weighted by Gasteiger charge is -2.65. The molecule has 2 heterocycles. The van der Waals surface area contributed by atoms with Gasteiger partial charge in [-0.05, 0) is 125 Å². The lowest BCUT2D eigenvalue weighted by atomic mass is 9.48. The van der Waals surface area contributed by atoms with Gasteiger partial charge in [-0.3, -0.25) is 14.6 Å². The van der Waals surface area contributed by atoms with Crippen LogP contribution in [-0.4, -0.2) is 70.8 Å². The predicted octanol–water partition coefficient (Wildman–Crippen LogP) is 7.67. The summed E-state index contributed by atoms with van der Waals surface area (Å²) in [5.41, 5.74) is 3.93. The van der Waals surface area contributed by atoms with E-state index in [2.05, 4.69) is 76.5 Å². The third-order valence-electron chi connectivity index (χ3n) is 12.9. The van der Waals surface area contributed by atoms with Gasteiger partial charge in [0, 0.05) is 31.1 Å². The van der Waals surface area contributed by atoms with Crippen LogP contribution in [0.4, 0.5) is 0 Å². The van der Waals surface area contributed by atoms with Gasteiger partial charge in [0.25, 0.3) is 0 Å². The molecule has 3 fully saturated rings. The molecule has 1 spiro atoms. The van der Waals surface area contributed by atoms with Gasteiger partial charge >= 0.3 is 5.97 Å². The van der Waals surface area contributed by atoms with Gasteiger partial charge in [0.1, 0.15) is 6.10 Å². The molecule has 1 saturated heterocycles. The number of likely N-dealkylation sites (tertiary alicyclic amines) is 1. The summed E-state index contributed by atoms with van der Waals surface area (Å²) in [7, 11) is 0. The average molecular weight is 677 g/mol. The van der Waals surface area contributed by atoms with Crippen LogP contribution in [0.3, 0.4) is 0 Å². The highest BCUT2D eigenvalue weighted by atomic mass is 16.6. The van der Waals surface area contributed by atoms with Gasteiger partial charge in [0.15, 0.2) is 11.5 Å². The topological polar surface area (TPSA) is 62.2 Å². The van der Waals surface area contributed by atoms with Crippen LogP contribution < -0.4 is 9.47 Å². The van der Waals surface area contributed by atoms with Crippen molar-refractivity contribution >= 4 is 5.97 Å². The predicted molar refractivity (Wildman–Crippen MR) is 198 cm³/mol. The third kappa shape index (κ3) is 6.41. The van der Waals surface area contributed by atoms with E-state index in [1.165, 1.54) is 62.1 Å². The lowest BCUT2D eigenvalue weighted by molar-refractivity contribution is -0.200. The van der Waals surface area contributed by atoms with E-state index in [1.54, 1.807) is 0 Å². The second-order valence-electron chi connectivity index (χ2n) is 16.1. The molecule has 5 atom stereocenters. The second-order valence-corrected chi connectivity index (χ2v) is 16.1. The van der Waals surface area contributed by atoms with Gasteiger partial charge in [-0.15, -0.1) is 0 Å². The average Bonchev–Trinajstić information content (AvgIpc) is 3.87. The number of ether oxygens (including phenoxy) is 2. The minimum atomic E-state index is -0.856. The zero-order valence-corrected chi connectivity index (χ0v) is 30.0. The highest BCUT2D eigenvalue weighted by Crippen LogP contribution is 2.66. The Kier molecular flexibility index (Phi) is 9.80. The van der Waals surface area contributed by atoms with Gasteiger partial charge < -0.3 is 14.6 Å². The fourth-order valence-electron chi connectivity index (χ4n) is 10.4.